The molecule has 3 aromatic rings. The number of H-pyrrole nitrogens is 1. The Morgan fingerprint density at radius 1 is 1.18 bits per heavy atom. The number of halogens is 4. The van der Waals surface area contributed by atoms with Crippen molar-refractivity contribution in [3.05, 3.63) is 62.8 Å². The van der Waals surface area contributed by atoms with Gasteiger partial charge in [-0.15, -0.1) is 11.3 Å². The number of alkyl halides is 3. The highest BCUT2D eigenvalue weighted by atomic mass is 32.1. The Morgan fingerprint density at radius 2 is 1.84 bits per heavy atom. The number of hydrogen-bond donors (Lipinski definition) is 3. The van der Waals surface area contributed by atoms with E-state index in [1.807, 2.05) is 25.8 Å². The molecule has 0 spiro atoms. The van der Waals surface area contributed by atoms with Crippen molar-refractivity contribution in [3.8, 4) is 10.6 Å². The Kier molecular flexibility index (Phi) is 7.30. The number of benzene rings is 1. The molecule has 1 aliphatic heterocycles. The van der Waals surface area contributed by atoms with Crippen LogP contribution in [0.5, 0.6) is 0 Å². The summed E-state index contributed by atoms with van der Waals surface area (Å²) >= 11 is 0.835. The first-order chi connectivity index (χ1) is 17.8. The highest BCUT2D eigenvalue weighted by Gasteiger charge is 2.36. The number of nitrogens with two attached hydrogens (primary N) is 1. The smallest absolute Gasteiger partial charge is 0.367 e. The van der Waals surface area contributed by atoms with E-state index in [-0.39, 0.29) is 38.9 Å². The van der Waals surface area contributed by atoms with Gasteiger partial charge in [0.1, 0.15) is 15.7 Å². The van der Waals surface area contributed by atoms with Gasteiger partial charge in [0.05, 0.1) is 28.7 Å². The highest BCUT2D eigenvalue weighted by Crippen LogP contribution is 2.38. The van der Waals surface area contributed by atoms with Crippen LogP contribution in [0.3, 0.4) is 0 Å². The van der Waals surface area contributed by atoms with Crippen LogP contribution in [-0.4, -0.2) is 58.9 Å². The Balaban J connectivity index is 1.82. The molecule has 0 saturated carbocycles. The third kappa shape index (κ3) is 5.41. The fourth-order valence-corrected chi connectivity index (χ4v) is 5.07. The number of thiazole rings is 1. The maximum atomic E-state index is 15.4. The first kappa shape index (κ1) is 27.3. The van der Waals surface area contributed by atoms with Crippen molar-refractivity contribution in [3.63, 3.8) is 0 Å². The monoisotopic (exact) mass is 552 g/mol. The average molecular weight is 553 g/mol. The predicted molar refractivity (Wildman–Crippen MR) is 135 cm³/mol. The number of piperazine rings is 1. The van der Waals surface area contributed by atoms with E-state index in [4.69, 9.17) is 5.73 Å². The van der Waals surface area contributed by atoms with Gasteiger partial charge < -0.3 is 20.9 Å². The Morgan fingerprint density at radius 3 is 2.42 bits per heavy atom. The topological polar surface area (TPSA) is 124 Å². The summed E-state index contributed by atoms with van der Waals surface area (Å²) < 4.78 is 56.1. The van der Waals surface area contributed by atoms with Gasteiger partial charge in [-0.25, -0.2) is 9.37 Å². The quantitative estimate of drug-likeness (QED) is 0.416. The van der Waals surface area contributed by atoms with E-state index in [1.54, 1.807) is 0 Å². The highest BCUT2D eigenvalue weighted by molar-refractivity contribution is 7.16. The number of nitrogens with one attached hydrogen (secondary N) is 2. The minimum absolute atomic E-state index is 0.0329. The summed E-state index contributed by atoms with van der Waals surface area (Å²) in [6.07, 6.45) is -3.09. The molecule has 1 saturated heterocycles. The van der Waals surface area contributed by atoms with Gasteiger partial charge in [0, 0.05) is 49.1 Å². The van der Waals surface area contributed by atoms with Gasteiger partial charge >= 0.3 is 6.18 Å². The van der Waals surface area contributed by atoms with Gasteiger partial charge in [0.15, 0.2) is 0 Å². The second kappa shape index (κ2) is 10.2. The zero-order chi connectivity index (χ0) is 27.9. The van der Waals surface area contributed by atoms with Crippen molar-refractivity contribution in [1.29, 1.82) is 0 Å². The second-order valence-electron chi connectivity index (χ2n) is 9.09. The molecule has 14 heteroatoms. The first-order valence-corrected chi connectivity index (χ1v) is 12.3. The summed E-state index contributed by atoms with van der Waals surface area (Å²) in [7, 11) is 1.95. The number of nitrogens with zero attached hydrogens (tertiary/aromatic N) is 3. The molecule has 1 aromatic carbocycles. The van der Waals surface area contributed by atoms with Gasteiger partial charge in [-0.2, -0.15) is 13.2 Å². The Labute approximate surface area is 218 Å². The number of amides is 2. The molecule has 2 aromatic heterocycles. The Hall–Kier alpha value is -3.78. The molecular formula is C24H24F4N6O3S. The number of likely N-dealkylation sites (N-methyl/N-ethyl adjacent to an activating group) is 1. The molecule has 202 valence electrons. The van der Waals surface area contributed by atoms with Crippen LogP contribution >= 0.6 is 11.3 Å². The molecule has 0 bridgehead atoms. The zero-order valence-corrected chi connectivity index (χ0v) is 21.3. The zero-order valence-electron chi connectivity index (χ0n) is 20.5. The summed E-state index contributed by atoms with van der Waals surface area (Å²) in [5, 5.41) is 2.56. The van der Waals surface area contributed by atoms with Crippen LogP contribution in [0.15, 0.2) is 35.4 Å². The van der Waals surface area contributed by atoms with Crippen molar-refractivity contribution < 1.29 is 27.2 Å². The van der Waals surface area contributed by atoms with Crippen LogP contribution in [-0.2, 0) is 6.18 Å². The van der Waals surface area contributed by atoms with E-state index < -0.39 is 40.5 Å². The van der Waals surface area contributed by atoms with E-state index in [0.717, 1.165) is 11.3 Å². The SMILES string of the molecule is C[C@@H]1CN(c2cc(F)c(-c3ncc(C(N)=O)s3)cc2NC(=O)c2c[nH]c(=O)cc2C(F)(F)F)C[C@H](C)N1C. The van der Waals surface area contributed by atoms with Gasteiger partial charge in [-0.3, -0.25) is 19.3 Å². The molecule has 0 radical (unpaired) electrons. The molecule has 38 heavy (non-hydrogen) atoms. The fraction of sp³-hybridized carbons (Fsp3) is 0.333. The summed E-state index contributed by atoms with van der Waals surface area (Å²) in [4.78, 5) is 46.3. The van der Waals surface area contributed by atoms with Gasteiger partial charge in [-0.05, 0) is 27.0 Å². The van der Waals surface area contributed by atoms with Crippen LogP contribution in [0.2, 0.25) is 0 Å². The number of hydrogen-bond acceptors (Lipinski definition) is 7. The van der Waals surface area contributed by atoms with E-state index >= 15 is 4.39 Å². The summed E-state index contributed by atoms with van der Waals surface area (Å²) in [5.41, 5.74) is 2.26. The van der Waals surface area contributed by atoms with Gasteiger partial charge in [-0.1, -0.05) is 0 Å². The fourth-order valence-electron chi connectivity index (χ4n) is 4.29. The third-order valence-electron chi connectivity index (χ3n) is 6.49. The third-order valence-corrected chi connectivity index (χ3v) is 7.53. The van der Waals surface area contributed by atoms with E-state index in [9.17, 15) is 27.6 Å². The van der Waals surface area contributed by atoms with Crippen molar-refractivity contribution >= 4 is 34.5 Å². The Bertz CT molecular complexity index is 1440. The van der Waals surface area contributed by atoms with Crippen LogP contribution in [0, 0.1) is 5.82 Å². The number of primary amides is 1. The van der Waals surface area contributed by atoms with Crippen LogP contribution in [0.1, 0.15) is 39.4 Å². The molecule has 4 rings (SSSR count). The lowest BCUT2D eigenvalue weighted by molar-refractivity contribution is -0.138. The predicted octanol–water partition coefficient (Wildman–Crippen LogP) is 3.54. The number of aromatic nitrogens is 2. The first-order valence-electron chi connectivity index (χ1n) is 11.4. The molecule has 3 heterocycles. The number of pyridine rings is 1. The standard InChI is InChI=1S/C24H24F4N6O3S/c1-11-9-34(10-12(2)33(11)3)18-6-16(25)13(23-31-8-19(38-23)21(29)36)4-17(18)32-22(37)14-7-30-20(35)5-15(14)24(26,27)28/h4-8,11-12H,9-10H2,1-3H3,(H2,29,36)(H,30,35)(H,32,37)/t11-,12+. The van der Waals surface area contributed by atoms with Gasteiger partial charge in [0.25, 0.3) is 11.8 Å². The van der Waals surface area contributed by atoms with Gasteiger partial charge in [0.2, 0.25) is 5.56 Å². The molecule has 1 aliphatic rings. The van der Waals surface area contributed by atoms with Crippen LogP contribution < -0.4 is 21.5 Å². The second-order valence-corrected chi connectivity index (χ2v) is 10.1. The normalized spacial score (nSPS) is 18.4. The summed E-state index contributed by atoms with van der Waals surface area (Å²) in [6, 6.07) is 2.85. The number of rotatable bonds is 5. The maximum absolute atomic E-state index is 15.4. The molecular weight excluding hydrogens is 528 g/mol. The number of carbonyl (C=O) groups excluding carboxylic acids is 2. The van der Waals surface area contributed by atoms with Crippen LogP contribution in [0.25, 0.3) is 10.6 Å². The molecule has 2 atom stereocenters. The number of anilines is 2. The molecule has 1 fully saturated rings. The average Bonchev–Trinajstić information content (AvgIpc) is 3.33. The van der Waals surface area contributed by atoms with Crippen molar-refractivity contribution in [2.45, 2.75) is 32.1 Å². The largest absolute Gasteiger partial charge is 0.417 e. The van der Waals surface area contributed by atoms with Crippen LogP contribution in [0.4, 0.5) is 28.9 Å². The summed E-state index contributed by atoms with van der Waals surface area (Å²) in [6.45, 7) is 4.86. The summed E-state index contributed by atoms with van der Waals surface area (Å²) in [5.74, 6) is -2.61. The minimum atomic E-state index is -4.97. The lowest BCUT2D eigenvalue weighted by atomic mass is 10.1. The van der Waals surface area contributed by atoms with Crippen molar-refractivity contribution in [2.75, 3.05) is 30.4 Å². The molecule has 4 N–H and O–H groups in total. The lowest BCUT2D eigenvalue weighted by Gasteiger charge is -2.44. The molecule has 0 aliphatic carbocycles. The van der Waals surface area contributed by atoms with Crippen molar-refractivity contribution in [1.82, 2.24) is 14.9 Å². The minimum Gasteiger partial charge on any atom is -0.367 e. The number of aromatic amines is 1. The van der Waals surface area contributed by atoms with Crippen molar-refractivity contribution in [2.24, 2.45) is 5.73 Å². The number of carbonyl (C=O) groups is 2. The molecule has 0 unspecified atom stereocenters. The maximum Gasteiger partial charge on any atom is 0.417 e. The van der Waals surface area contributed by atoms with E-state index in [0.29, 0.717) is 25.4 Å². The van der Waals surface area contributed by atoms with E-state index in [1.165, 1.54) is 18.3 Å². The lowest BCUT2D eigenvalue weighted by Crippen LogP contribution is -2.55. The van der Waals surface area contributed by atoms with E-state index in [2.05, 4.69) is 20.2 Å². The molecule has 2 amide bonds. The molecule has 9 nitrogen and oxygen atoms in total.